The first-order chi connectivity index (χ1) is 11.2. The minimum Gasteiger partial charge on any atom is -0.351 e. The highest BCUT2D eigenvalue weighted by Gasteiger charge is 2.28. The summed E-state index contributed by atoms with van der Waals surface area (Å²) in [5, 5.41) is 5.96. The molecule has 1 heterocycles. The Morgan fingerprint density at radius 2 is 1.88 bits per heavy atom. The number of nitrogens with one attached hydrogen (secondary N) is 2. The third-order valence-electron chi connectivity index (χ3n) is 4.08. The third-order valence-corrected chi connectivity index (χ3v) is 4.08. The molecular weight excluding hydrogens is 302 g/mol. The number of benzene rings is 1. The van der Waals surface area contributed by atoms with E-state index in [0.29, 0.717) is 13.1 Å². The summed E-state index contributed by atoms with van der Waals surface area (Å²) in [7, 11) is 0. The number of piperidine rings is 1. The fourth-order valence-electron chi connectivity index (χ4n) is 2.93. The molecule has 1 unspecified atom stereocenters. The Bertz CT molecular complexity index is 575. The van der Waals surface area contributed by atoms with Gasteiger partial charge in [0.2, 0.25) is 11.8 Å². The van der Waals surface area contributed by atoms with Crippen LogP contribution in [-0.2, 0) is 9.59 Å². The van der Waals surface area contributed by atoms with Crippen molar-refractivity contribution in [3.63, 3.8) is 0 Å². The average molecular weight is 331 g/mol. The molecule has 5 heteroatoms. The maximum Gasteiger partial charge on any atom is 0.238 e. The van der Waals surface area contributed by atoms with Crippen LogP contribution in [0, 0.1) is 12.8 Å². The molecule has 0 spiro atoms. The van der Waals surface area contributed by atoms with Gasteiger partial charge >= 0.3 is 0 Å². The first kappa shape index (κ1) is 18.5. The minimum absolute atomic E-state index is 0.0317. The lowest BCUT2D eigenvalue weighted by molar-refractivity contribution is -0.129. The number of likely N-dealkylation sites (tertiary alicyclic amines) is 1. The Morgan fingerprint density at radius 3 is 2.50 bits per heavy atom. The summed E-state index contributed by atoms with van der Waals surface area (Å²) in [5.74, 6) is 0.0204. The molecule has 0 saturated carbocycles. The second kappa shape index (κ2) is 7.79. The molecule has 0 aliphatic carbocycles. The minimum atomic E-state index is -0.220. The Kier molecular flexibility index (Phi) is 5.99. The predicted octanol–water partition coefficient (Wildman–Crippen LogP) is 2.56. The van der Waals surface area contributed by atoms with Crippen molar-refractivity contribution in [1.82, 2.24) is 10.2 Å². The van der Waals surface area contributed by atoms with Crippen molar-refractivity contribution < 1.29 is 9.59 Å². The van der Waals surface area contributed by atoms with Crippen LogP contribution in [0.4, 0.5) is 5.69 Å². The summed E-state index contributed by atoms with van der Waals surface area (Å²) in [6.07, 6.45) is 1.83. The first-order valence-corrected chi connectivity index (χ1v) is 8.64. The number of hydrogen-bond acceptors (Lipinski definition) is 3. The van der Waals surface area contributed by atoms with Gasteiger partial charge in [-0.15, -0.1) is 0 Å². The first-order valence-electron chi connectivity index (χ1n) is 8.64. The number of hydrogen-bond donors (Lipinski definition) is 2. The molecule has 1 saturated heterocycles. The van der Waals surface area contributed by atoms with Gasteiger partial charge < -0.3 is 10.6 Å². The summed E-state index contributed by atoms with van der Waals surface area (Å²) < 4.78 is 0. The zero-order valence-corrected chi connectivity index (χ0v) is 15.2. The summed E-state index contributed by atoms with van der Waals surface area (Å²) in [4.78, 5) is 26.6. The standard InChI is InChI=1S/C19H29N3O2/c1-14-7-9-16(10-8-14)20-17(23)13-22-11-5-6-15(12-22)18(24)21-19(2,3)4/h7-10,15H,5-6,11-13H2,1-4H3,(H,20,23)(H,21,24). The van der Waals surface area contributed by atoms with Crippen LogP contribution >= 0.6 is 0 Å². The average Bonchev–Trinajstić information content (AvgIpc) is 2.48. The second-order valence-electron chi connectivity index (χ2n) is 7.73. The van der Waals surface area contributed by atoms with Crippen molar-refractivity contribution in [3.8, 4) is 0 Å². The molecule has 1 aliphatic heterocycles. The van der Waals surface area contributed by atoms with Crippen molar-refractivity contribution in [3.05, 3.63) is 29.8 Å². The van der Waals surface area contributed by atoms with Crippen molar-refractivity contribution in [2.45, 2.75) is 46.1 Å². The maximum atomic E-state index is 12.3. The van der Waals surface area contributed by atoms with E-state index in [-0.39, 0.29) is 23.3 Å². The SMILES string of the molecule is Cc1ccc(NC(=O)CN2CCCC(C(=O)NC(C)(C)C)C2)cc1. The molecule has 2 rings (SSSR count). The van der Waals surface area contributed by atoms with E-state index in [9.17, 15) is 9.59 Å². The number of amides is 2. The van der Waals surface area contributed by atoms with Crippen molar-refractivity contribution in [1.29, 1.82) is 0 Å². The van der Waals surface area contributed by atoms with E-state index < -0.39 is 0 Å². The number of carbonyl (C=O) groups is 2. The molecule has 0 bridgehead atoms. The zero-order valence-electron chi connectivity index (χ0n) is 15.2. The van der Waals surface area contributed by atoms with Crippen LogP contribution in [0.5, 0.6) is 0 Å². The normalized spacial score (nSPS) is 18.9. The zero-order chi connectivity index (χ0) is 17.7. The molecule has 1 fully saturated rings. The van der Waals surface area contributed by atoms with E-state index in [4.69, 9.17) is 0 Å². The van der Waals surface area contributed by atoms with Gasteiger partial charge in [0.1, 0.15) is 0 Å². The van der Waals surface area contributed by atoms with Crippen LogP contribution in [0.2, 0.25) is 0 Å². The molecular formula is C19H29N3O2. The van der Waals surface area contributed by atoms with Gasteiger partial charge in [-0.3, -0.25) is 14.5 Å². The smallest absolute Gasteiger partial charge is 0.238 e. The lowest BCUT2D eigenvalue weighted by Crippen LogP contribution is -2.49. The third kappa shape index (κ3) is 5.96. The number of anilines is 1. The highest BCUT2D eigenvalue weighted by atomic mass is 16.2. The summed E-state index contributed by atoms with van der Waals surface area (Å²) in [6.45, 7) is 9.81. The Hall–Kier alpha value is -1.88. The second-order valence-corrected chi connectivity index (χ2v) is 7.73. The Morgan fingerprint density at radius 1 is 1.21 bits per heavy atom. The predicted molar refractivity (Wildman–Crippen MR) is 96.9 cm³/mol. The molecule has 1 aromatic rings. The number of nitrogens with zero attached hydrogens (tertiary/aromatic N) is 1. The van der Waals surface area contributed by atoms with Crippen LogP contribution in [-0.4, -0.2) is 41.9 Å². The van der Waals surface area contributed by atoms with Gasteiger partial charge in [-0.05, 0) is 59.2 Å². The molecule has 1 aromatic carbocycles. The van der Waals surface area contributed by atoms with Gasteiger partial charge in [-0.2, -0.15) is 0 Å². The van der Waals surface area contributed by atoms with E-state index in [1.165, 1.54) is 0 Å². The van der Waals surface area contributed by atoms with E-state index in [1.54, 1.807) is 0 Å². The van der Waals surface area contributed by atoms with Crippen LogP contribution in [0.1, 0.15) is 39.2 Å². The molecule has 1 aliphatic rings. The number of aryl methyl sites for hydroxylation is 1. The molecule has 2 amide bonds. The van der Waals surface area contributed by atoms with Crippen LogP contribution in [0.25, 0.3) is 0 Å². The van der Waals surface area contributed by atoms with E-state index in [1.807, 2.05) is 52.0 Å². The van der Waals surface area contributed by atoms with E-state index >= 15 is 0 Å². The highest BCUT2D eigenvalue weighted by Crippen LogP contribution is 2.18. The monoisotopic (exact) mass is 331 g/mol. The maximum absolute atomic E-state index is 12.3. The summed E-state index contributed by atoms with van der Waals surface area (Å²) in [5.41, 5.74) is 1.75. The Labute approximate surface area is 144 Å². The number of carbonyl (C=O) groups excluding carboxylic acids is 2. The van der Waals surface area contributed by atoms with Gasteiger partial charge in [0.05, 0.1) is 12.5 Å². The Balaban J connectivity index is 1.84. The van der Waals surface area contributed by atoms with E-state index in [2.05, 4.69) is 15.5 Å². The molecule has 0 aromatic heterocycles. The fraction of sp³-hybridized carbons (Fsp3) is 0.579. The largest absolute Gasteiger partial charge is 0.351 e. The van der Waals surface area contributed by atoms with Gasteiger partial charge in [-0.25, -0.2) is 0 Å². The molecule has 2 N–H and O–H groups in total. The van der Waals surface area contributed by atoms with Crippen molar-refractivity contribution in [2.75, 3.05) is 25.0 Å². The van der Waals surface area contributed by atoms with Gasteiger partial charge in [0.15, 0.2) is 0 Å². The van der Waals surface area contributed by atoms with Gasteiger partial charge in [0, 0.05) is 17.8 Å². The van der Waals surface area contributed by atoms with Crippen molar-refractivity contribution >= 4 is 17.5 Å². The number of rotatable bonds is 4. The fourth-order valence-corrected chi connectivity index (χ4v) is 2.93. The van der Waals surface area contributed by atoms with Gasteiger partial charge in [0.25, 0.3) is 0 Å². The van der Waals surface area contributed by atoms with E-state index in [0.717, 1.165) is 30.6 Å². The van der Waals surface area contributed by atoms with Crippen LogP contribution in [0.3, 0.4) is 0 Å². The molecule has 0 radical (unpaired) electrons. The molecule has 132 valence electrons. The summed E-state index contributed by atoms with van der Waals surface area (Å²) in [6, 6.07) is 7.76. The highest BCUT2D eigenvalue weighted by molar-refractivity contribution is 5.92. The van der Waals surface area contributed by atoms with Crippen LogP contribution < -0.4 is 10.6 Å². The molecule has 24 heavy (non-hydrogen) atoms. The lowest BCUT2D eigenvalue weighted by Gasteiger charge is -2.33. The molecule has 1 atom stereocenters. The topological polar surface area (TPSA) is 61.4 Å². The lowest BCUT2D eigenvalue weighted by atomic mass is 9.95. The quantitative estimate of drug-likeness (QED) is 0.891. The van der Waals surface area contributed by atoms with Crippen LogP contribution in [0.15, 0.2) is 24.3 Å². The van der Waals surface area contributed by atoms with Crippen molar-refractivity contribution in [2.24, 2.45) is 5.92 Å². The summed E-state index contributed by atoms with van der Waals surface area (Å²) >= 11 is 0. The van der Waals surface area contributed by atoms with Gasteiger partial charge in [-0.1, -0.05) is 17.7 Å². The molecule has 5 nitrogen and oxygen atoms in total.